The highest BCUT2D eigenvalue weighted by Gasteiger charge is 2.15. The van der Waals surface area contributed by atoms with E-state index in [0.29, 0.717) is 11.0 Å². The zero-order chi connectivity index (χ0) is 14.4. The fourth-order valence-corrected chi connectivity index (χ4v) is 3.11. The zero-order valence-corrected chi connectivity index (χ0v) is 13.3. The summed E-state index contributed by atoms with van der Waals surface area (Å²) in [5.74, 6) is 1.59. The van der Waals surface area contributed by atoms with Gasteiger partial charge in [0.15, 0.2) is 5.82 Å². The summed E-state index contributed by atoms with van der Waals surface area (Å²) in [6, 6.07) is 11.8. The number of hydrogen-bond donors (Lipinski definition) is 0. The molecule has 4 rings (SSSR count). The lowest BCUT2D eigenvalue weighted by Gasteiger charge is -2.06. The highest BCUT2D eigenvalue weighted by atomic mass is 79.9. The van der Waals surface area contributed by atoms with Gasteiger partial charge in [-0.1, -0.05) is 27.5 Å². The van der Waals surface area contributed by atoms with Crippen LogP contribution in [0.4, 0.5) is 0 Å². The van der Waals surface area contributed by atoms with Crippen molar-refractivity contribution >= 4 is 38.4 Å². The van der Waals surface area contributed by atoms with E-state index in [1.807, 2.05) is 30.3 Å². The molecule has 0 spiro atoms. The van der Waals surface area contributed by atoms with Crippen molar-refractivity contribution in [3.63, 3.8) is 0 Å². The molecule has 1 aliphatic heterocycles. The van der Waals surface area contributed by atoms with Crippen LogP contribution in [0.3, 0.4) is 0 Å². The second kappa shape index (κ2) is 4.97. The van der Waals surface area contributed by atoms with Crippen LogP contribution in [0.25, 0.3) is 22.3 Å². The monoisotopic (exact) mass is 360 g/mol. The summed E-state index contributed by atoms with van der Waals surface area (Å²) in [6.07, 6.45) is 0.927. The molecule has 104 valence electrons. The number of ether oxygens (including phenoxy) is 1. The number of nitrogens with zero attached hydrogens (tertiary/aromatic N) is 2. The summed E-state index contributed by atoms with van der Waals surface area (Å²) in [5.41, 5.74) is 2.99. The minimum atomic E-state index is 0.472. The summed E-state index contributed by atoms with van der Waals surface area (Å²) < 4.78 is 6.50. The van der Waals surface area contributed by atoms with Crippen molar-refractivity contribution in [3.8, 4) is 17.1 Å². The van der Waals surface area contributed by atoms with Crippen LogP contribution in [0.1, 0.15) is 5.56 Å². The van der Waals surface area contributed by atoms with Crippen LogP contribution in [0, 0.1) is 0 Å². The van der Waals surface area contributed by atoms with E-state index < -0.39 is 0 Å². The highest BCUT2D eigenvalue weighted by Crippen LogP contribution is 2.31. The number of benzene rings is 2. The minimum absolute atomic E-state index is 0.472. The lowest BCUT2D eigenvalue weighted by Crippen LogP contribution is -1.92. The topological polar surface area (TPSA) is 35.0 Å². The predicted molar refractivity (Wildman–Crippen MR) is 86.9 cm³/mol. The van der Waals surface area contributed by atoms with E-state index in [-0.39, 0.29) is 0 Å². The maximum absolute atomic E-state index is 6.29. The Balaban J connectivity index is 1.90. The Labute approximate surface area is 135 Å². The Morgan fingerprint density at radius 2 is 2.00 bits per heavy atom. The van der Waals surface area contributed by atoms with Crippen LogP contribution in [0.5, 0.6) is 5.75 Å². The molecule has 3 aromatic rings. The summed E-state index contributed by atoms with van der Waals surface area (Å²) in [6.45, 7) is 0.741. The summed E-state index contributed by atoms with van der Waals surface area (Å²) in [5, 5.41) is 1.33. The van der Waals surface area contributed by atoms with Crippen LogP contribution in [0.15, 0.2) is 40.9 Å². The largest absolute Gasteiger partial charge is 0.493 e. The van der Waals surface area contributed by atoms with E-state index in [1.54, 1.807) is 0 Å². The smallest absolute Gasteiger partial charge is 0.161 e. The quantitative estimate of drug-likeness (QED) is 0.592. The van der Waals surface area contributed by atoms with Gasteiger partial charge in [-0.05, 0) is 42.0 Å². The normalized spacial score (nSPS) is 13.2. The maximum Gasteiger partial charge on any atom is 0.161 e. The molecule has 0 radical (unpaired) electrons. The average Bonchev–Trinajstić information content (AvgIpc) is 2.94. The Morgan fingerprint density at radius 1 is 1.10 bits per heavy atom. The van der Waals surface area contributed by atoms with Gasteiger partial charge >= 0.3 is 0 Å². The molecule has 5 heteroatoms. The third kappa shape index (κ3) is 2.28. The molecule has 0 unspecified atom stereocenters. The molecule has 2 heterocycles. The molecule has 0 aliphatic carbocycles. The van der Waals surface area contributed by atoms with Crippen LogP contribution in [-0.4, -0.2) is 16.6 Å². The summed E-state index contributed by atoms with van der Waals surface area (Å²) in [4.78, 5) is 9.05. The molecule has 3 nitrogen and oxygen atoms in total. The molecule has 1 aromatic heterocycles. The molecule has 2 aromatic carbocycles. The summed E-state index contributed by atoms with van der Waals surface area (Å²) in [7, 11) is 0. The van der Waals surface area contributed by atoms with Crippen molar-refractivity contribution in [2.24, 2.45) is 0 Å². The third-order valence-corrected chi connectivity index (χ3v) is 4.34. The van der Waals surface area contributed by atoms with Crippen molar-refractivity contribution in [1.82, 2.24) is 9.97 Å². The van der Waals surface area contributed by atoms with Gasteiger partial charge < -0.3 is 4.74 Å². The number of halogens is 2. The maximum atomic E-state index is 6.29. The van der Waals surface area contributed by atoms with Crippen molar-refractivity contribution in [2.45, 2.75) is 6.42 Å². The molecule has 0 amide bonds. The van der Waals surface area contributed by atoms with E-state index in [0.717, 1.165) is 39.7 Å². The first kappa shape index (κ1) is 13.0. The first-order valence-corrected chi connectivity index (χ1v) is 7.77. The number of rotatable bonds is 1. The van der Waals surface area contributed by atoms with Crippen LogP contribution >= 0.6 is 27.5 Å². The van der Waals surface area contributed by atoms with Gasteiger partial charge in [0, 0.05) is 21.8 Å². The number of hydrogen-bond acceptors (Lipinski definition) is 3. The molecule has 0 saturated carbocycles. The molecule has 21 heavy (non-hydrogen) atoms. The van der Waals surface area contributed by atoms with Crippen LogP contribution < -0.4 is 4.74 Å². The van der Waals surface area contributed by atoms with E-state index in [2.05, 4.69) is 32.0 Å². The van der Waals surface area contributed by atoms with Crippen LogP contribution in [0.2, 0.25) is 5.15 Å². The van der Waals surface area contributed by atoms with E-state index >= 15 is 0 Å². The Bertz CT molecular complexity index is 866. The van der Waals surface area contributed by atoms with Gasteiger partial charge in [-0.2, -0.15) is 0 Å². The Morgan fingerprint density at radius 3 is 2.90 bits per heavy atom. The third-order valence-electron chi connectivity index (χ3n) is 3.56. The van der Waals surface area contributed by atoms with E-state index in [4.69, 9.17) is 16.3 Å². The lowest BCUT2D eigenvalue weighted by atomic mass is 10.1. The molecule has 0 bridgehead atoms. The van der Waals surface area contributed by atoms with Gasteiger partial charge in [0.05, 0.1) is 12.1 Å². The van der Waals surface area contributed by atoms with Gasteiger partial charge in [0.1, 0.15) is 10.9 Å². The van der Waals surface area contributed by atoms with Gasteiger partial charge in [-0.3, -0.25) is 0 Å². The second-order valence-electron chi connectivity index (χ2n) is 4.92. The predicted octanol–water partition coefficient (Wildman–Crippen LogP) is 4.65. The first-order chi connectivity index (χ1) is 10.2. The van der Waals surface area contributed by atoms with Gasteiger partial charge in [0.2, 0.25) is 0 Å². The molecule has 1 aliphatic rings. The second-order valence-corrected chi connectivity index (χ2v) is 6.19. The van der Waals surface area contributed by atoms with Gasteiger partial charge in [-0.15, -0.1) is 0 Å². The number of fused-ring (bicyclic) bond motifs is 2. The Hall–Kier alpha value is -1.65. The molecule has 0 N–H and O–H groups in total. The van der Waals surface area contributed by atoms with E-state index in [9.17, 15) is 0 Å². The molecule has 0 saturated heterocycles. The van der Waals surface area contributed by atoms with Gasteiger partial charge in [-0.25, -0.2) is 9.97 Å². The first-order valence-electron chi connectivity index (χ1n) is 6.59. The fourth-order valence-electron chi connectivity index (χ4n) is 2.52. The minimum Gasteiger partial charge on any atom is -0.493 e. The standard InChI is InChI=1S/C16H10BrClN2O/c17-11-2-3-12-13(8-11)19-16(20-15(12)18)10-1-4-14-9(7-10)5-6-21-14/h1-4,7-8H,5-6H2. The van der Waals surface area contributed by atoms with Crippen molar-refractivity contribution < 1.29 is 4.74 Å². The van der Waals surface area contributed by atoms with Gasteiger partial charge in [0.25, 0.3) is 0 Å². The molecular weight excluding hydrogens is 352 g/mol. The zero-order valence-electron chi connectivity index (χ0n) is 10.9. The van der Waals surface area contributed by atoms with E-state index in [1.165, 1.54) is 5.56 Å². The SMILES string of the molecule is Clc1nc(-c2ccc3c(c2)CCO3)nc2cc(Br)ccc12. The highest BCUT2D eigenvalue weighted by molar-refractivity contribution is 9.10. The molecule has 0 atom stereocenters. The van der Waals surface area contributed by atoms with Crippen LogP contribution in [-0.2, 0) is 6.42 Å². The Kier molecular flexibility index (Phi) is 3.08. The van der Waals surface area contributed by atoms with Crippen molar-refractivity contribution in [2.75, 3.05) is 6.61 Å². The fraction of sp³-hybridized carbons (Fsp3) is 0.125. The van der Waals surface area contributed by atoms with Crippen molar-refractivity contribution in [1.29, 1.82) is 0 Å². The number of aromatic nitrogens is 2. The lowest BCUT2D eigenvalue weighted by molar-refractivity contribution is 0.357. The summed E-state index contributed by atoms with van der Waals surface area (Å²) >= 11 is 9.75. The average molecular weight is 362 g/mol. The molecule has 0 fully saturated rings. The van der Waals surface area contributed by atoms with Crippen molar-refractivity contribution in [3.05, 3.63) is 51.6 Å². The molecular formula is C16H10BrClN2O.